The highest BCUT2D eigenvalue weighted by Crippen LogP contribution is 2.18. The highest BCUT2D eigenvalue weighted by molar-refractivity contribution is 6.74. The van der Waals surface area contributed by atoms with Crippen molar-refractivity contribution in [3.05, 3.63) is 23.8 Å². The van der Waals surface area contributed by atoms with Crippen molar-refractivity contribution in [3.63, 3.8) is 0 Å². The number of rotatable bonds is 3. The third-order valence-electron chi connectivity index (χ3n) is 2.02. The van der Waals surface area contributed by atoms with Crippen molar-refractivity contribution in [2.45, 2.75) is 0 Å². The first kappa shape index (κ1) is 12.4. The summed E-state index contributed by atoms with van der Waals surface area (Å²) in [5.74, 6) is -0.864. The van der Waals surface area contributed by atoms with Crippen LogP contribution in [0.5, 0.6) is 5.75 Å². The van der Waals surface area contributed by atoms with Gasteiger partial charge in [-0.15, -0.1) is 0 Å². The summed E-state index contributed by atoms with van der Waals surface area (Å²) in [7, 11) is 2.32. The minimum atomic E-state index is -5.25. The number of benzene rings is 1. The molecule has 0 saturated carbocycles. The molecule has 0 bridgehead atoms. The number of carbonyl (C=O) groups is 1. The highest BCUT2D eigenvalue weighted by Gasteiger charge is 2.30. The maximum atomic E-state index is 12.6. The Morgan fingerprint density at radius 3 is 2.31 bits per heavy atom. The van der Waals surface area contributed by atoms with Crippen molar-refractivity contribution in [1.82, 2.24) is 0 Å². The fourth-order valence-electron chi connectivity index (χ4n) is 1.23. The first-order chi connectivity index (χ1) is 7.40. The number of esters is 1. The number of carbonyl (C=O) groups excluding carboxylic acids is 1. The Kier molecular flexibility index (Phi) is 3.46. The average Bonchev–Trinajstić information content (AvgIpc) is 2.25. The minimum Gasteiger partial charge on any atom is -0.497 e. The van der Waals surface area contributed by atoms with Crippen molar-refractivity contribution < 1.29 is 27.2 Å². The molecule has 88 valence electrons. The third kappa shape index (κ3) is 2.47. The molecule has 0 aliphatic carbocycles. The van der Waals surface area contributed by atoms with Crippen LogP contribution < -0.4 is 10.2 Å². The molecule has 0 fully saturated rings. The topological polar surface area (TPSA) is 35.5 Å². The van der Waals surface area contributed by atoms with Gasteiger partial charge in [-0.05, 0) is 12.1 Å². The summed E-state index contributed by atoms with van der Waals surface area (Å²) in [5.41, 5.74) is -1.51. The van der Waals surface area contributed by atoms with E-state index in [0.717, 1.165) is 25.3 Å². The molecule has 16 heavy (non-hydrogen) atoms. The largest absolute Gasteiger partial charge is 0.510 e. The highest BCUT2D eigenvalue weighted by atomic mass is 19.4. The molecule has 0 radical (unpaired) electrons. The van der Waals surface area contributed by atoms with Crippen LogP contribution >= 0.6 is 0 Å². The average molecular weight is 233 g/mol. The van der Waals surface area contributed by atoms with E-state index in [1.165, 1.54) is 7.11 Å². The molecular weight excluding hydrogens is 224 g/mol. The van der Waals surface area contributed by atoms with Gasteiger partial charge < -0.3 is 22.4 Å². The number of hydrogen-bond acceptors (Lipinski definition) is 3. The van der Waals surface area contributed by atoms with Gasteiger partial charge in [0.2, 0.25) is 0 Å². The predicted octanol–water partition coefficient (Wildman–Crippen LogP) is 1.54. The fourth-order valence-corrected chi connectivity index (χ4v) is 1.23. The molecule has 0 aliphatic rings. The molecule has 0 aliphatic heterocycles. The lowest BCUT2D eigenvalue weighted by molar-refractivity contribution is 0.0601. The van der Waals surface area contributed by atoms with Crippen LogP contribution in [0, 0.1) is 0 Å². The molecule has 1 rings (SSSR count). The molecule has 3 nitrogen and oxygen atoms in total. The second-order valence-corrected chi connectivity index (χ2v) is 3.02. The van der Waals surface area contributed by atoms with Crippen LogP contribution in [0.25, 0.3) is 0 Å². The summed E-state index contributed by atoms with van der Waals surface area (Å²) < 4.78 is 46.8. The van der Waals surface area contributed by atoms with Crippen LogP contribution in [0.3, 0.4) is 0 Å². The van der Waals surface area contributed by atoms with Gasteiger partial charge in [0.25, 0.3) is 0 Å². The monoisotopic (exact) mass is 233 g/mol. The quantitative estimate of drug-likeness (QED) is 0.586. The number of halogens is 3. The molecule has 7 heteroatoms. The van der Waals surface area contributed by atoms with Gasteiger partial charge in [-0.3, -0.25) is 0 Å². The van der Waals surface area contributed by atoms with E-state index in [1.807, 2.05) is 0 Å². The Hall–Kier alpha value is -1.66. The molecule has 0 N–H and O–H groups in total. The van der Waals surface area contributed by atoms with Crippen LogP contribution in [-0.4, -0.2) is 27.2 Å². The maximum absolute atomic E-state index is 12.6. The van der Waals surface area contributed by atoms with E-state index >= 15 is 0 Å². The Bertz CT molecular complexity index is 403. The van der Waals surface area contributed by atoms with Crippen molar-refractivity contribution in [3.8, 4) is 5.75 Å². The van der Waals surface area contributed by atoms with Gasteiger partial charge in [0.15, 0.2) is 0 Å². The van der Waals surface area contributed by atoms with E-state index in [-0.39, 0.29) is 5.75 Å². The molecule has 0 amide bonds. The zero-order valence-electron chi connectivity index (χ0n) is 8.67. The zero-order valence-corrected chi connectivity index (χ0v) is 8.67. The first-order valence-electron chi connectivity index (χ1n) is 4.36. The van der Waals surface area contributed by atoms with Crippen molar-refractivity contribution >= 4 is 18.4 Å². The number of methoxy groups -OCH3 is 2. The van der Waals surface area contributed by atoms with E-state index in [4.69, 9.17) is 4.74 Å². The lowest BCUT2D eigenvalue weighted by atomic mass is 9.77. The Morgan fingerprint density at radius 2 is 1.88 bits per heavy atom. The lowest BCUT2D eigenvalue weighted by Crippen LogP contribution is -2.38. The van der Waals surface area contributed by atoms with Gasteiger partial charge in [0.1, 0.15) is 5.75 Å². The van der Waals surface area contributed by atoms with Gasteiger partial charge in [0.05, 0.1) is 14.2 Å². The summed E-state index contributed by atoms with van der Waals surface area (Å²) in [4.78, 5) is 11.2. The normalized spacial score (nSPS) is 11.1. The fraction of sp³-hybridized carbons (Fsp3) is 0.222. The molecule has 1 aromatic rings. The Morgan fingerprint density at radius 1 is 1.25 bits per heavy atom. The van der Waals surface area contributed by atoms with Gasteiger partial charge in [0, 0.05) is 5.56 Å². The van der Waals surface area contributed by atoms with Crippen LogP contribution in [-0.2, 0) is 4.74 Å². The SMILES string of the molecule is COC(=O)c1cc(OC)ccc1[B-](F)(F)F. The van der Waals surface area contributed by atoms with Crippen molar-refractivity contribution in [1.29, 1.82) is 0 Å². The predicted molar refractivity (Wildman–Crippen MR) is 53.0 cm³/mol. The van der Waals surface area contributed by atoms with Crippen LogP contribution in [0.2, 0.25) is 0 Å². The van der Waals surface area contributed by atoms with E-state index < -0.39 is 24.0 Å². The molecule has 0 saturated heterocycles. The van der Waals surface area contributed by atoms with Crippen molar-refractivity contribution in [2.24, 2.45) is 0 Å². The summed E-state index contributed by atoms with van der Waals surface area (Å²) in [5, 5.41) is 0. The van der Waals surface area contributed by atoms with Gasteiger partial charge in [-0.2, -0.15) is 0 Å². The molecule has 0 spiro atoms. The zero-order chi connectivity index (χ0) is 12.3. The maximum Gasteiger partial charge on any atom is 0.510 e. The molecule has 1 aromatic carbocycles. The minimum absolute atomic E-state index is 0.171. The number of hydrogen-bond donors (Lipinski definition) is 0. The Balaban J connectivity index is 3.33. The standard InChI is InChI=1S/C9H9BF3O3/c1-15-6-3-4-8(10(11,12)13)7(5-6)9(14)16-2/h3-5H,1-2H3/q-1. The Labute approximate surface area is 90.2 Å². The van der Waals surface area contributed by atoms with Crippen molar-refractivity contribution in [2.75, 3.05) is 14.2 Å². The number of ether oxygens (including phenoxy) is 2. The first-order valence-corrected chi connectivity index (χ1v) is 4.36. The van der Waals surface area contributed by atoms with E-state index in [9.17, 15) is 17.7 Å². The molecular formula is C9H9BF3O3-. The van der Waals surface area contributed by atoms with Crippen LogP contribution in [0.15, 0.2) is 18.2 Å². The molecule has 0 atom stereocenters. The van der Waals surface area contributed by atoms with Crippen LogP contribution in [0.1, 0.15) is 10.4 Å². The molecule has 0 heterocycles. The van der Waals surface area contributed by atoms with E-state index in [2.05, 4.69) is 4.74 Å². The summed E-state index contributed by atoms with van der Waals surface area (Å²) >= 11 is 0. The summed E-state index contributed by atoms with van der Waals surface area (Å²) in [6, 6.07) is 2.97. The van der Waals surface area contributed by atoms with Crippen LogP contribution in [0.4, 0.5) is 12.9 Å². The second kappa shape index (κ2) is 4.46. The molecule has 0 aromatic heterocycles. The third-order valence-corrected chi connectivity index (χ3v) is 2.02. The van der Waals surface area contributed by atoms with Gasteiger partial charge in [-0.25, -0.2) is 4.79 Å². The summed E-state index contributed by atoms with van der Waals surface area (Å²) in [6.45, 7) is -5.25. The van der Waals surface area contributed by atoms with E-state index in [0.29, 0.717) is 0 Å². The van der Waals surface area contributed by atoms with E-state index in [1.54, 1.807) is 0 Å². The lowest BCUT2D eigenvalue weighted by Gasteiger charge is -2.18. The molecule has 0 unspecified atom stereocenters. The van der Waals surface area contributed by atoms with Gasteiger partial charge >= 0.3 is 12.9 Å². The second-order valence-electron chi connectivity index (χ2n) is 3.02. The van der Waals surface area contributed by atoms with Gasteiger partial charge in [-0.1, -0.05) is 11.5 Å². The smallest absolute Gasteiger partial charge is 0.497 e. The summed E-state index contributed by atoms with van der Waals surface area (Å²) in [6.07, 6.45) is 0.